The number of halogens is 1. The Morgan fingerprint density at radius 1 is 1.50 bits per heavy atom. The van der Waals surface area contributed by atoms with Crippen LogP contribution in [0.2, 0.25) is 0 Å². The Balaban J connectivity index is 1.84. The van der Waals surface area contributed by atoms with E-state index in [0.29, 0.717) is 25.7 Å². The third-order valence-electron chi connectivity index (χ3n) is 1.72. The second kappa shape index (κ2) is 5.54. The zero-order valence-corrected chi connectivity index (χ0v) is 8.60. The quantitative estimate of drug-likeness (QED) is 0.550. The predicted octanol–water partition coefficient (Wildman–Crippen LogP) is 0.924. The molecule has 0 atom stereocenters. The Kier molecular flexibility index (Phi) is 4.61. The molecular formula is C8H14BrNO2. The molecule has 1 aliphatic rings. The van der Waals surface area contributed by atoms with Gasteiger partial charge in [-0.3, -0.25) is 4.79 Å². The maximum Gasteiger partial charge on any atom is 0.223 e. The Bertz CT molecular complexity index is 148. The van der Waals surface area contributed by atoms with Crippen LogP contribution in [0.4, 0.5) is 0 Å². The van der Waals surface area contributed by atoms with Crippen LogP contribution < -0.4 is 5.32 Å². The third kappa shape index (κ3) is 4.07. The van der Waals surface area contributed by atoms with Gasteiger partial charge in [0.05, 0.1) is 13.2 Å². The fourth-order valence-corrected chi connectivity index (χ4v) is 1.12. The first-order valence-corrected chi connectivity index (χ1v) is 5.38. The van der Waals surface area contributed by atoms with Gasteiger partial charge in [-0.25, -0.2) is 0 Å². The van der Waals surface area contributed by atoms with Crippen molar-refractivity contribution in [3.05, 3.63) is 0 Å². The molecule has 3 nitrogen and oxygen atoms in total. The van der Waals surface area contributed by atoms with Crippen LogP contribution in [0.5, 0.6) is 0 Å². The lowest BCUT2D eigenvalue weighted by Crippen LogP contribution is -2.28. The summed E-state index contributed by atoms with van der Waals surface area (Å²) < 4.78 is 5.17. The molecule has 1 saturated carbocycles. The average molecular weight is 236 g/mol. The first kappa shape index (κ1) is 9.99. The van der Waals surface area contributed by atoms with Crippen molar-refractivity contribution in [3.63, 3.8) is 0 Å². The summed E-state index contributed by atoms with van der Waals surface area (Å²) in [5.41, 5.74) is 0. The molecule has 12 heavy (non-hydrogen) atoms. The van der Waals surface area contributed by atoms with Crippen LogP contribution in [0.1, 0.15) is 12.8 Å². The molecule has 0 spiro atoms. The molecular weight excluding hydrogens is 222 g/mol. The largest absolute Gasteiger partial charge is 0.379 e. The fraction of sp³-hybridized carbons (Fsp3) is 0.875. The lowest BCUT2D eigenvalue weighted by atomic mass is 10.4. The number of ether oxygens (including phenoxy) is 1. The summed E-state index contributed by atoms with van der Waals surface area (Å²) in [5.74, 6) is 0.499. The van der Waals surface area contributed by atoms with Gasteiger partial charge in [-0.05, 0) is 12.8 Å². The number of alkyl halides is 1. The highest BCUT2D eigenvalue weighted by Gasteiger charge is 2.28. The molecule has 0 aliphatic heterocycles. The van der Waals surface area contributed by atoms with Crippen LogP contribution in [0.15, 0.2) is 0 Å². The Hall–Kier alpha value is -0.0900. The molecule has 1 fully saturated rings. The fourth-order valence-electron chi connectivity index (χ4n) is 0.893. The summed E-state index contributed by atoms with van der Waals surface area (Å²) in [6.45, 7) is 1.96. The van der Waals surface area contributed by atoms with Crippen molar-refractivity contribution in [2.45, 2.75) is 12.8 Å². The van der Waals surface area contributed by atoms with Gasteiger partial charge in [-0.2, -0.15) is 0 Å². The van der Waals surface area contributed by atoms with Gasteiger partial charge in [-0.15, -0.1) is 0 Å². The first-order chi connectivity index (χ1) is 5.84. The Labute approximate surface area is 81.0 Å². The number of carbonyl (C=O) groups is 1. The Morgan fingerprint density at radius 3 is 2.83 bits per heavy atom. The van der Waals surface area contributed by atoms with Gasteiger partial charge >= 0.3 is 0 Å². The highest BCUT2D eigenvalue weighted by atomic mass is 79.9. The van der Waals surface area contributed by atoms with Gasteiger partial charge in [0.2, 0.25) is 5.91 Å². The van der Waals surface area contributed by atoms with Crippen molar-refractivity contribution < 1.29 is 9.53 Å². The maximum atomic E-state index is 11.1. The van der Waals surface area contributed by atoms with Gasteiger partial charge in [0.1, 0.15) is 0 Å². The Morgan fingerprint density at radius 2 is 2.25 bits per heavy atom. The zero-order valence-electron chi connectivity index (χ0n) is 7.01. The van der Waals surface area contributed by atoms with E-state index in [0.717, 1.165) is 18.2 Å². The van der Waals surface area contributed by atoms with Crippen molar-refractivity contribution in [2.24, 2.45) is 5.92 Å². The van der Waals surface area contributed by atoms with Crippen LogP contribution in [0.25, 0.3) is 0 Å². The number of nitrogens with one attached hydrogen (secondary N) is 1. The van der Waals surface area contributed by atoms with E-state index in [1.54, 1.807) is 0 Å². The second-order valence-corrected chi connectivity index (χ2v) is 3.66. The standard InChI is InChI=1S/C8H14BrNO2/c9-3-5-12-6-4-10-8(11)7-1-2-7/h7H,1-6H2,(H,10,11). The minimum atomic E-state index is 0.192. The number of hydrogen-bond acceptors (Lipinski definition) is 2. The number of carbonyl (C=O) groups excluding carboxylic acids is 1. The zero-order chi connectivity index (χ0) is 8.81. The van der Waals surface area contributed by atoms with E-state index in [-0.39, 0.29) is 5.91 Å². The molecule has 1 amide bonds. The molecule has 1 N–H and O–H groups in total. The van der Waals surface area contributed by atoms with Gasteiger partial charge in [0, 0.05) is 17.8 Å². The molecule has 4 heteroatoms. The van der Waals surface area contributed by atoms with Crippen molar-refractivity contribution in [3.8, 4) is 0 Å². The monoisotopic (exact) mass is 235 g/mol. The van der Waals surface area contributed by atoms with Crippen molar-refractivity contribution in [1.82, 2.24) is 5.32 Å². The van der Waals surface area contributed by atoms with E-state index in [4.69, 9.17) is 4.74 Å². The van der Waals surface area contributed by atoms with E-state index in [2.05, 4.69) is 21.2 Å². The van der Waals surface area contributed by atoms with E-state index >= 15 is 0 Å². The molecule has 70 valence electrons. The van der Waals surface area contributed by atoms with Gasteiger partial charge in [-0.1, -0.05) is 15.9 Å². The molecule has 0 unspecified atom stereocenters. The minimum Gasteiger partial charge on any atom is -0.379 e. The van der Waals surface area contributed by atoms with Crippen LogP contribution in [-0.4, -0.2) is 31.0 Å². The van der Waals surface area contributed by atoms with Crippen LogP contribution in [0, 0.1) is 5.92 Å². The number of rotatable bonds is 6. The summed E-state index contributed by atoms with van der Waals surface area (Å²) in [6, 6.07) is 0. The van der Waals surface area contributed by atoms with Gasteiger partial charge in [0.25, 0.3) is 0 Å². The smallest absolute Gasteiger partial charge is 0.223 e. The van der Waals surface area contributed by atoms with Crippen molar-refractivity contribution >= 4 is 21.8 Å². The molecule has 0 aromatic carbocycles. The number of hydrogen-bond donors (Lipinski definition) is 1. The molecule has 1 aliphatic carbocycles. The molecule has 0 bridgehead atoms. The maximum absolute atomic E-state index is 11.1. The van der Waals surface area contributed by atoms with E-state index in [1.807, 2.05) is 0 Å². The summed E-state index contributed by atoms with van der Waals surface area (Å²) in [7, 11) is 0. The second-order valence-electron chi connectivity index (χ2n) is 2.87. The van der Waals surface area contributed by atoms with Crippen LogP contribution in [-0.2, 0) is 9.53 Å². The third-order valence-corrected chi connectivity index (χ3v) is 2.04. The average Bonchev–Trinajstić information content (AvgIpc) is 2.86. The molecule has 0 saturated heterocycles. The SMILES string of the molecule is O=C(NCCOCCBr)C1CC1. The van der Waals surface area contributed by atoms with E-state index in [9.17, 15) is 4.79 Å². The minimum absolute atomic E-state index is 0.192. The van der Waals surface area contributed by atoms with Crippen molar-refractivity contribution in [2.75, 3.05) is 25.1 Å². The predicted molar refractivity (Wildman–Crippen MR) is 50.3 cm³/mol. The summed E-state index contributed by atoms with van der Waals surface area (Å²) in [5, 5.41) is 3.68. The summed E-state index contributed by atoms with van der Waals surface area (Å²) >= 11 is 3.25. The molecule has 1 rings (SSSR count). The highest BCUT2D eigenvalue weighted by Crippen LogP contribution is 2.28. The number of amides is 1. The topological polar surface area (TPSA) is 38.3 Å². The van der Waals surface area contributed by atoms with Crippen LogP contribution >= 0.6 is 15.9 Å². The lowest BCUT2D eigenvalue weighted by Gasteiger charge is -2.03. The first-order valence-electron chi connectivity index (χ1n) is 4.26. The van der Waals surface area contributed by atoms with Gasteiger partial charge < -0.3 is 10.1 Å². The molecule has 0 aromatic rings. The normalized spacial score (nSPS) is 16.1. The lowest BCUT2D eigenvalue weighted by molar-refractivity contribution is -0.122. The molecule has 0 heterocycles. The van der Waals surface area contributed by atoms with E-state index < -0.39 is 0 Å². The van der Waals surface area contributed by atoms with Crippen LogP contribution in [0.3, 0.4) is 0 Å². The summed E-state index contributed by atoms with van der Waals surface area (Å²) in [4.78, 5) is 11.1. The molecule has 0 aromatic heterocycles. The van der Waals surface area contributed by atoms with Crippen molar-refractivity contribution in [1.29, 1.82) is 0 Å². The highest BCUT2D eigenvalue weighted by molar-refractivity contribution is 9.09. The molecule has 0 radical (unpaired) electrons. The van der Waals surface area contributed by atoms with Gasteiger partial charge in [0.15, 0.2) is 0 Å². The van der Waals surface area contributed by atoms with E-state index in [1.165, 1.54) is 0 Å². The summed E-state index contributed by atoms with van der Waals surface area (Å²) in [6.07, 6.45) is 2.13.